The fraction of sp³-hybridized carbons (Fsp3) is 0.250. The van der Waals surface area contributed by atoms with Gasteiger partial charge in [-0.25, -0.2) is 4.39 Å². The molecule has 0 N–H and O–H groups in total. The first-order chi connectivity index (χ1) is 5.95. The Morgan fingerprint density at radius 2 is 2.40 bits per heavy atom. The molecule has 0 aliphatic rings. The minimum Gasteiger partial charge on any atom is -0.496 e. The van der Waals surface area contributed by atoms with Gasteiger partial charge in [-0.2, -0.15) is 0 Å². The van der Waals surface area contributed by atoms with Crippen LogP contribution in [-0.2, 0) is 0 Å². The third kappa shape index (κ3) is 1.26. The van der Waals surface area contributed by atoms with Crippen LogP contribution < -0.4 is 4.74 Å². The number of hydrogen-bond acceptors (Lipinski definition) is 1. The summed E-state index contributed by atoms with van der Waals surface area (Å²) < 4.78 is 38.8. The van der Waals surface area contributed by atoms with Crippen LogP contribution in [0.15, 0.2) is 18.2 Å². The number of hydrogen-bond donors (Lipinski definition) is 0. The van der Waals surface area contributed by atoms with E-state index < -0.39 is 12.7 Å². The van der Waals surface area contributed by atoms with Gasteiger partial charge in [0.25, 0.3) is 0 Å². The van der Waals surface area contributed by atoms with E-state index in [1.807, 2.05) is 0 Å². The number of benzene rings is 1. The Morgan fingerprint density at radius 3 is 3.00 bits per heavy atom. The molecule has 0 bridgehead atoms. The molecule has 54 valence electrons. The summed E-state index contributed by atoms with van der Waals surface area (Å²) in [6.45, 7) is -2.34. The fourth-order valence-corrected chi connectivity index (χ4v) is 0.680. The molecule has 1 nitrogen and oxygen atoms in total. The Balaban J connectivity index is 3.24. The van der Waals surface area contributed by atoms with Crippen molar-refractivity contribution in [2.45, 2.75) is 6.85 Å². The molecule has 0 fully saturated rings. The highest BCUT2D eigenvalue weighted by Crippen LogP contribution is 2.16. The third-order valence-corrected chi connectivity index (χ3v) is 1.16. The molecule has 2 heteroatoms. The standard InChI is InChI=1S/C8H9FO/c1-6-5-7(9)3-4-8(6)10-2/h3-5H,1-2H3/i1D3. The zero-order chi connectivity index (χ0) is 10.1. The highest BCUT2D eigenvalue weighted by Gasteiger charge is 1.96. The zero-order valence-electron chi connectivity index (χ0n) is 8.52. The van der Waals surface area contributed by atoms with E-state index in [4.69, 9.17) is 8.85 Å². The van der Waals surface area contributed by atoms with Gasteiger partial charge in [-0.3, -0.25) is 0 Å². The van der Waals surface area contributed by atoms with Crippen molar-refractivity contribution in [2.24, 2.45) is 0 Å². The normalized spacial score (nSPS) is 15.2. The first kappa shape index (κ1) is 3.96. The van der Waals surface area contributed by atoms with E-state index in [9.17, 15) is 4.39 Å². The third-order valence-electron chi connectivity index (χ3n) is 1.16. The number of methoxy groups -OCH3 is 1. The summed E-state index contributed by atoms with van der Waals surface area (Å²) in [6, 6.07) is 3.43. The van der Waals surface area contributed by atoms with Crippen molar-refractivity contribution >= 4 is 0 Å². The van der Waals surface area contributed by atoms with Crippen LogP contribution >= 0.6 is 0 Å². The highest BCUT2D eigenvalue weighted by atomic mass is 19.1. The molecule has 0 saturated heterocycles. The van der Waals surface area contributed by atoms with E-state index in [1.54, 1.807) is 0 Å². The van der Waals surface area contributed by atoms with Crippen LogP contribution in [0.4, 0.5) is 4.39 Å². The van der Waals surface area contributed by atoms with Gasteiger partial charge in [-0.1, -0.05) is 0 Å². The average molecular weight is 143 g/mol. The molecule has 0 atom stereocenters. The van der Waals surface area contributed by atoms with Gasteiger partial charge in [0.15, 0.2) is 0 Å². The second-order valence-corrected chi connectivity index (χ2v) is 1.84. The summed E-state index contributed by atoms with van der Waals surface area (Å²) in [6.07, 6.45) is 0. The molecule has 0 spiro atoms. The van der Waals surface area contributed by atoms with Gasteiger partial charge >= 0.3 is 0 Å². The Morgan fingerprint density at radius 1 is 1.60 bits per heavy atom. The van der Waals surface area contributed by atoms with Gasteiger partial charge in [0, 0.05) is 4.11 Å². The van der Waals surface area contributed by atoms with Crippen molar-refractivity contribution in [3.05, 3.63) is 29.6 Å². The van der Waals surface area contributed by atoms with Gasteiger partial charge in [-0.05, 0) is 30.6 Å². The maximum atomic E-state index is 12.7. The number of aryl methyl sites for hydroxylation is 1. The van der Waals surface area contributed by atoms with Crippen molar-refractivity contribution in [2.75, 3.05) is 7.11 Å². The van der Waals surface area contributed by atoms with Crippen molar-refractivity contribution < 1.29 is 13.2 Å². The van der Waals surface area contributed by atoms with Crippen molar-refractivity contribution in [3.63, 3.8) is 0 Å². The lowest BCUT2D eigenvalue weighted by Gasteiger charge is -2.01. The van der Waals surface area contributed by atoms with Crippen LogP contribution in [0.25, 0.3) is 0 Å². The molecule has 10 heavy (non-hydrogen) atoms. The molecule has 0 amide bonds. The minimum absolute atomic E-state index is 0.102. The maximum Gasteiger partial charge on any atom is 0.123 e. The van der Waals surface area contributed by atoms with Crippen molar-refractivity contribution in [1.29, 1.82) is 0 Å². The molecule has 0 aliphatic carbocycles. The molecule has 0 aliphatic heterocycles. The predicted molar refractivity (Wildman–Crippen MR) is 37.7 cm³/mol. The van der Waals surface area contributed by atoms with Gasteiger partial charge in [0.1, 0.15) is 11.6 Å². The summed E-state index contributed by atoms with van der Waals surface area (Å²) >= 11 is 0. The summed E-state index contributed by atoms with van der Waals surface area (Å²) in [5.41, 5.74) is -0.102. The number of halogens is 1. The highest BCUT2D eigenvalue weighted by molar-refractivity contribution is 5.32. The maximum absolute atomic E-state index is 12.7. The van der Waals surface area contributed by atoms with E-state index >= 15 is 0 Å². The first-order valence-corrected chi connectivity index (χ1v) is 2.79. The van der Waals surface area contributed by atoms with Gasteiger partial charge < -0.3 is 4.74 Å². The van der Waals surface area contributed by atoms with E-state index in [0.717, 1.165) is 12.1 Å². The van der Waals surface area contributed by atoms with E-state index in [-0.39, 0.29) is 11.3 Å². The number of rotatable bonds is 1. The van der Waals surface area contributed by atoms with Crippen LogP contribution in [0, 0.1) is 12.7 Å². The Kier molecular flexibility index (Phi) is 1.07. The van der Waals surface area contributed by atoms with Crippen LogP contribution in [0.2, 0.25) is 0 Å². The molecule has 1 aromatic carbocycles. The molecule has 0 aromatic heterocycles. The van der Waals surface area contributed by atoms with E-state index in [0.29, 0.717) is 0 Å². The molecule has 0 radical (unpaired) electrons. The number of ether oxygens (including phenoxy) is 1. The topological polar surface area (TPSA) is 9.23 Å². The molecule has 0 saturated carbocycles. The average Bonchev–Trinajstić information content (AvgIpc) is 2.03. The summed E-state index contributed by atoms with van der Waals surface area (Å²) in [5, 5.41) is 0. The fourth-order valence-electron chi connectivity index (χ4n) is 0.680. The Labute approximate surface area is 63.7 Å². The molecular weight excluding hydrogens is 131 g/mol. The SMILES string of the molecule is [2H]C([2H])([2H])c1cc(F)ccc1OC. The lowest BCUT2D eigenvalue weighted by atomic mass is 10.2. The van der Waals surface area contributed by atoms with Gasteiger partial charge in [0.2, 0.25) is 0 Å². The molecule has 1 rings (SSSR count). The van der Waals surface area contributed by atoms with Crippen molar-refractivity contribution in [3.8, 4) is 5.75 Å². The Hall–Kier alpha value is -1.05. The summed E-state index contributed by atoms with van der Waals surface area (Å²) in [4.78, 5) is 0. The monoisotopic (exact) mass is 143 g/mol. The zero-order valence-corrected chi connectivity index (χ0v) is 5.52. The largest absolute Gasteiger partial charge is 0.496 e. The lowest BCUT2D eigenvalue weighted by Crippen LogP contribution is -1.86. The van der Waals surface area contributed by atoms with Crippen LogP contribution in [0.1, 0.15) is 9.68 Å². The summed E-state index contributed by atoms with van der Waals surface area (Å²) in [7, 11) is 1.35. The van der Waals surface area contributed by atoms with Crippen LogP contribution in [0.5, 0.6) is 5.75 Å². The molecule has 1 aromatic rings. The Bertz CT molecular complexity index is 309. The minimum atomic E-state index is -2.34. The molecular formula is C8H9FO. The smallest absolute Gasteiger partial charge is 0.123 e. The lowest BCUT2D eigenvalue weighted by molar-refractivity contribution is 0.410. The van der Waals surface area contributed by atoms with Crippen LogP contribution in [0.3, 0.4) is 0 Å². The van der Waals surface area contributed by atoms with Gasteiger partial charge in [0.05, 0.1) is 7.11 Å². The second kappa shape index (κ2) is 2.69. The van der Waals surface area contributed by atoms with Crippen molar-refractivity contribution in [1.82, 2.24) is 0 Å². The molecule has 0 heterocycles. The van der Waals surface area contributed by atoms with Gasteiger partial charge in [-0.15, -0.1) is 0 Å². The van der Waals surface area contributed by atoms with E-state index in [1.165, 1.54) is 13.2 Å². The van der Waals surface area contributed by atoms with Crippen LogP contribution in [-0.4, -0.2) is 7.11 Å². The predicted octanol–water partition coefficient (Wildman–Crippen LogP) is 2.14. The second-order valence-electron chi connectivity index (χ2n) is 1.84. The van der Waals surface area contributed by atoms with E-state index in [2.05, 4.69) is 0 Å². The molecule has 0 unspecified atom stereocenters. The summed E-state index contributed by atoms with van der Waals surface area (Å²) in [5.74, 6) is -0.395. The first-order valence-electron chi connectivity index (χ1n) is 4.29. The quantitative estimate of drug-likeness (QED) is 0.585.